The van der Waals surface area contributed by atoms with Crippen molar-refractivity contribution < 1.29 is 4.79 Å². The molecule has 0 heterocycles. The van der Waals surface area contributed by atoms with Crippen molar-refractivity contribution in [1.82, 2.24) is 5.32 Å². The van der Waals surface area contributed by atoms with Crippen LogP contribution in [0, 0.1) is 11.3 Å². The number of carbonyl (C=O) groups excluding carboxylic acids is 1. The SMILES string of the molecule is N#CC(NC(=O)/C=C/c1ccccc1)c1ccccc1. The lowest BCUT2D eigenvalue weighted by atomic mass is 10.1. The summed E-state index contributed by atoms with van der Waals surface area (Å²) < 4.78 is 0. The smallest absolute Gasteiger partial charge is 0.245 e. The van der Waals surface area contributed by atoms with Crippen molar-refractivity contribution in [2.45, 2.75) is 6.04 Å². The maximum Gasteiger partial charge on any atom is 0.245 e. The van der Waals surface area contributed by atoms with E-state index in [-0.39, 0.29) is 5.91 Å². The van der Waals surface area contributed by atoms with E-state index < -0.39 is 6.04 Å². The Morgan fingerprint density at radius 3 is 2.25 bits per heavy atom. The van der Waals surface area contributed by atoms with Crippen LogP contribution in [0.25, 0.3) is 6.08 Å². The minimum Gasteiger partial charge on any atom is -0.333 e. The highest BCUT2D eigenvalue weighted by Crippen LogP contribution is 2.11. The second kappa shape index (κ2) is 6.91. The second-order valence-electron chi connectivity index (χ2n) is 4.23. The highest BCUT2D eigenvalue weighted by Gasteiger charge is 2.11. The van der Waals surface area contributed by atoms with E-state index in [9.17, 15) is 4.79 Å². The Balaban J connectivity index is 2.01. The van der Waals surface area contributed by atoms with Gasteiger partial charge in [-0.15, -0.1) is 0 Å². The maximum absolute atomic E-state index is 11.8. The molecular weight excluding hydrogens is 248 g/mol. The molecule has 1 N–H and O–H groups in total. The van der Waals surface area contributed by atoms with Crippen molar-refractivity contribution >= 4 is 12.0 Å². The first-order valence-corrected chi connectivity index (χ1v) is 6.28. The average Bonchev–Trinajstić information content (AvgIpc) is 2.52. The third-order valence-electron chi connectivity index (χ3n) is 2.78. The summed E-state index contributed by atoms with van der Waals surface area (Å²) in [6.07, 6.45) is 3.15. The van der Waals surface area contributed by atoms with E-state index >= 15 is 0 Å². The molecule has 1 amide bonds. The molecule has 3 nitrogen and oxygen atoms in total. The summed E-state index contributed by atoms with van der Waals surface area (Å²) in [5.74, 6) is -0.288. The summed E-state index contributed by atoms with van der Waals surface area (Å²) in [5.41, 5.74) is 1.72. The van der Waals surface area contributed by atoms with Gasteiger partial charge >= 0.3 is 0 Å². The van der Waals surface area contributed by atoms with Gasteiger partial charge < -0.3 is 5.32 Å². The van der Waals surface area contributed by atoms with Crippen molar-refractivity contribution in [2.24, 2.45) is 0 Å². The van der Waals surface area contributed by atoms with E-state index in [0.717, 1.165) is 11.1 Å². The molecule has 0 radical (unpaired) electrons. The van der Waals surface area contributed by atoms with Crippen LogP contribution >= 0.6 is 0 Å². The van der Waals surface area contributed by atoms with Crippen molar-refractivity contribution in [1.29, 1.82) is 5.26 Å². The Hall–Kier alpha value is -2.86. The van der Waals surface area contributed by atoms with Gasteiger partial charge in [0, 0.05) is 6.08 Å². The van der Waals surface area contributed by atoms with Crippen LogP contribution in [0.5, 0.6) is 0 Å². The Morgan fingerprint density at radius 2 is 1.65 bits per heavy atom. The van der Waals surface area contributed by atoms with Gasteiger partial charge in [0.25, 0.3) is 0 Å². The molecule has 0 aromatic heterocycles. The molecule has 2 aromatic rings. The van der Waals surface area contributed by atoms with Gasteiger partial charge in [-0.2, -0.15) is 5.26 Å². The standard InChI is InChI=1S/C17H14N2O/c18-13-16(15-9-5-2-6-10-15)19-17(20)12-11-14-7-3-1-4-8-14/h1-12,16H,(H,19,20)/b12-11+. The van der Waals surface area contributed by atoms with Crippen molar-refractivity contribution in [3.8, 4) is 6.07 Å². The molecule has 0 spiro atoms. The van der Waals surface area contributed by atoms with Crippen molar-refractivity contribution in [3.05, 3.63) is 77.9 Å². The first-order valence-electron chi connectivity index (χ1n) is 6.28. The van der Waals surface area contributed by atoms with Gasteiger partial charge in [-0.1, -0.05) is 60.7 Å². The van der Waals surface area contributed by atoms with Crippen LogP contribution in [0.2, 0.25) is 0 Å². The Bertz CT molecular complexity index is 627. The number of benzene rings is 2. The van der Waals surface area contributed by atoms with Crippen LogP contribution in [0.3, 0.4) is 0 Å². The van der Waals surface area contributed by atoms with E-state index in [1.165, 1.54) is 6.08 Å². The minimum atomic E-state index is -0.635. The van der Waals surface area contributed by atoms with E-state index in [1.807, 2.05) is 60.7 Å². The first-order chi connectivity index (χ1) is 9.79. The largest absolute Gasteiger partial charge is 0.333 e. The molecule has 0 saturated carbocycles. The second-order valence-corrected chi connectivity index (χ2v) is 4.23. The predicted octanol–water partition coefficient (Wildman–Crippen LogP) is 3.08. The zero-order valence-corrected chi connectivity index (χ0v) is 10.9. The monoisotopic (exact) mass is 262 g/mol. The molecule has 0 aliphatic heterocycles. The summed E-state index contributed by atoms with van der Waals surface area (Å²) in [6, 6.07) is 20.2. The van der Waals surface area contributed by atoms with E-state index in [4.69, 9.17) is 5.26 Å². The van der Waals surface area contributed by atoms with E-state index in [2.05, 4.69) is 11.4 Å². The summed E-state index contributed by atoms with van der Waals surface area (Å²) in [7, 11) is 0. The van der Waals surface area contributed by atoms with E-state index in [1.54, 1.807) is 6.08 Å². The number of rotatable bonds is 4. The fraction of sp³-hybridized carbons (Fsp3) is 0.0588. The van der Waals surface area contributed by atoms with Crippen molar-refractivity contribution in [3.63, 3.8) is 0 Å². The van der Waals surface area contributed by atoms with Crippen molar-refractivity contribution in [2.75, 3.05) is 0 Å². The molecule has 0 aliphatic carbocycles. The molecule has 0 fully saturated rings. The highest BCUT2D eigenvalue weighted by molar-refractivity contribution is 5.92. The molecule has 0 bridgehead atoms. The fourth-order valence-electron chi connectivity index (χ4n) is 1.76. The lowest BCUT2D eigenvalue weighted by molar-refractivity contribution is -0.116. The number of nitrogens with zero attached hydrogens (tertiary/aromatic N) is 1. The van der Waals surface area contributed by atoms with Gasteiger partial charge in [0.05, 0.1) is 6.07 Å². The number of nitriles is 1. The number of hydrogen-bond donors (Lipinski definition) is 1. The third kappa shape index (κ3) is 3.82. The van der Waals surface area contributed by atoms with Gasteiger partial charge in [-0.25, -0.2) is 0 Å². The molecule has 1 atom stereocenters. The minimum absolute atomic E-state index is 0.288. The molecular formula is C17H14N2O. The fourth-order valence-corrected chi connectivity index (χ4v) is 1.76. The van der Waals surface area contributed by atoms with Crippen LogP contribution in [0.15, 0.2) is 66.7 Å². The Morgan fingerprint density at radius 1 is 1.05 bits per heavy atom. The van der Waals surface area contributed by atoms with Gasteiger partial charge in [-0.3, -0.25) is 4.79 Å². The molecule has 1 unspecified atom stereocenters. The zero-order chi connectivity index (χ0) is 14.2. The molecule has 0 saturated heterocycles. The predicted molar refractivity (Wildman–Crippen MR) is 78.4 cm³/mol. The van der Waals surface area contributed by atoms with Crippen LogP contribution in [-0.4, -0.2) is 5.91 Å². The highest BCUT2D eigenvalue weighted by atomic mass is 16.1. The molecule has 98 valence electrons. The van der Waals surface area contributed by atoms with Crippen LogP contribution < -0.4 is 5.32 Å². The van der Waals surface area contributed by atoms with E-state index in [0.29, 0.717) is 0 Å². The normalized spacial score (nSPS) is 11.8. The van der Waals surface area contributed by atoms with Gasteiger partial charge in [0.2, 0.25) is 5.91 Å². The number of carbonyl (C=O) groups is 1. The number of hydrogen-bond acceptors (Lipinski definition) is 2. The number of amides is 1. The van der Waals surface area contributed by atoms with Gasteiger partial charge in [0.1, 0.15) is 6.04 Å². The summed E-state index contributed by atoms with van der Waals surface area (Å²) >= 11 is 0. The number of nitrogens with one attached hydrogen (secondary N) is 1. The molecule has 20 heavy (non-hydrogen) atoms. The van der Waals surface area contributed by atoms with Crippen LogP contribution in [-0.2, 0) is 4.79 Å². The molecule has 0 aliphatic rings. The topological polar surface area (TPSA) is 52.9 Å². The lowest BCUT2D eigenvalue weighted by Gasteiger charge is -2.09. The average molecular weight is 262 g/mol. The molecule has 3 heteroatoms. The third-order valence-corrected chi connectivity index (χ3v) is 2.78. The quantitative estimate of drug-likeness (QED) is 0.861. The van der Waals surface area contributed by atoms with Gasteiger partial charge in [-0.05, 0) is 17.2 Å². The first kappa shape index (κ1) is 13.6. The zero-order valence-electron chi connectivity index (χ0n) is 10.9. The summed E-state index contributed by atoms with van der Waals surface area (Å²) in [4.78, 5) is 11.8. The van der Waals surface area contributed by atoms with Crippen LogP contribution in [0.4, 0.5) is 0 Å². The van der Waals surface area contributed by atoms with Crippen LogP contribution in [0.1, 0.15) is 17.2 Å². The maximum atomic E-state index is 11.8. The molecule has 2 rings (SSSR count). The van der Waals surface area contributed by atoms with Gasteiger partial charge in [0.15, 0.2) is 0 Å². The Labute approximate surface area is 118 Å². The lowest BCUT2D eigenvalue weighted by Crippen LogP contribution is -2.25. The Kier molecular flexibility index (Phi) is 4.69. The summed E-state index contributed by atoms with van der Waals surface area (Å²) in [5, 5.41) is 11.8. The summed E-state index contributed by atoms with van der Waals surface area (Å²) in [6.45, 7) is 0. The molecule has 2 aromatic carbocycles.